The fourth-order valence-electron chi connectivity index (χ4n) is 3.06. The fourth-order valence-corrected chi connectivity index (χ4v) is 3.06. The number of rotatable bonds is 4. The van der Waals surface area contributed by atoms with Gasteiger partial charge in [-0.2, -0.15) is 0 Å². The topological polar surface area (TPSA) is 33.7 Å². The normalized spacial score (nSPS) is 20.4. The van der Waals surface area contributed by atoms with Crippen LogP contribution in [0.5, 0.6) is 11.5 Å². The number of nitrogens with one attached hydrogen (secondary N) is 1. The second kappa shape index (κ2) is 6.02. The van der Waals surface area contributed by atoms with Gasteiger partial charge in [-0.1, -0.05) is 19.9 Å². The maximum absolute atomic E-state index is 5.53. The molecule has 3 rings (SSSR count). The molecule has 0 radical (unpaired) electrons. The molecule has 0 spiro atoms. The van der Waals surface area contributed by atoms with E-state index in [4.69, 9.17) is 9.47 Å². The van der Waals surface area contributed by atoms with Crippen molar-refractivity contribution < 1.29 is 9.47 Å². The van der Waals surface area contributed by atoms with Crippen molar-refractivity contribution in [3.05, 3.63) is 23.8 Å². The van der Waals surface area contributed by atoms with Crippen LogP contribution in [0, 0.1) is 5.92 Å². The molecular weight excluding hydrogens is 252 g/mol. The summed E-state index contributed by atoms with van der Waals surface area (Å²) >= 11 is 0. The summed E-state index contributed by atoms with van der Waals surface area (Å²) in [7, 11) is 0. The second-order valence-corrected chi connectivity index (χ2v) is 6.04. The number of fused-ring (bicyclic) bond motifs is 1. The third kappa shape index (κ3) is 2.91. The summed E-state index contributed by atoms with van der Waals surface area (Å²) in [4.78, 5) is 2.59. The lowest BCUT2D eigenvalue weighted by Crippen LogP contribution is -2.45. The van der Waals surface area contributed by atoms with Gasteiger partial charge in [0.2, 0.25) is 6.79 Å². The number of hydrogen-bond donors (Lipinski definition) is 1. The minimum atomic E-state index is 0.348. The molecule has 2 heterocycles. The Morgan fingerprint density at radius 2 is 1.90 bits per heavy atom. The monoisotopic (exact) mass is 276 g/mol. The Morgan fingerprint density at radius 3 is 2.65 bits per heavy atom. The van der Waals surface area contributed by atoms with E-state index < -0.39 is 0 Å². The molecule has 0 unspecified atom stereocenters. The highest BCUT2D eigenvalue weighted by Gasteiger charge is 2.25. The predicted octanol–water partition coefficient (Wildman–Crippen LogP) is 2.41. The average Bonchev–Trinajstić information content (AvgIpc) is 2.93. The lowest BCUT2D eigenvalue weighted by molar-refractivity contribution is 0.153. The van der Waals surface area contributed by atoms with Gasteiger partial charge in [0.05, 0.1) is 0 Å². The quantitative estimate of drug-likeness (QED) is 0.915. The summed E-state index contributed by atoms with van der Waals surface area (Å²) in [5.74, 6) is 2.45. The summed E-state index contributed by atoms with van der Waals surface area (Å²) in [5.41, 5.74) is 1.35. The van der Waals surface area contributed by atoms with Crippen LogP contribution in [0.25, 0.3) is 0 Å². The molecule has 1 aromatic rings. The van der Waals surface area contributed by atoms with Crippen LogP contribution >= 0.6 is 0 Å². The second-order valence-electron chi connectivity index (χ2n) is 6.04. The van der Waals surface area contributed by atoms with Crippen molar-refractivity contribution in [2.45, 2.75) is 26.3 Å². The zero-order valence-electron chi connectivity index (χ0n) is 12.4. The van der Waals surface area contributed by atoms with Gasteiger partial charge in [-0.25, -0.2) is 0 Å². The van der Waals surface area contributed by atoms with Crippen molar-refractivity contribution in [2.75, 3.05) is 33.0 Å². The Hall–Kier alpha value is -1.26. The fraction of sp³-hybridized carbons (Fsp3) is 0.625. The van der Waals surface area contributed by atoms with Crippen LogP contribution in [0.2, 0.25) is 0 Å². The van der Waals surface area contributed by atoms with Crippen molar-refractivity contribution >= 4 is 0 Å². The van der Waals surface area contributed by atoms with Crippen molar-refractivity contribution in [2.24, 2.45) is 5.92 Å². The first kappa shape index (κ1) is 13.7. The largest absolute Gasteiger partial charge is 0.454 e. The number of ether oxygens (including phenoxy) is 2. The Balaban J connectivity index is 1.83. The Morgan fingerprint density at radius 1 is 1.15 bits per heavy atom. The van der Waals surface area contributed by atoms with E-state index in [-0.39, 0.29) is 0 Å². The van der Waals surface area contributed by atoms with E-state index in [1.807, 2.05) is 6.07 Å². The maximum Gasteiger partial charge on any atom is 0.231 e. The molecule has 4 heteroatoms. The molecule has 0 amide bonds. The third-order valence-corrected chi connectivity index (χ3v) is 4.07. The van der Waals surface area contributed by atoms with E-state index in [1.54, 1.807) is 0 Å². The van der Waals surface area contributed by atoms with Crippen LogP contribution in [0.4, 0.5) is 0 Å². The summed E-state index contributed by atoms with van der Waals surface area (Å²) in [6, 6.07) is 6.89. The predicted molar refractivity (Wildman–Crippen MR) is 79.2 cm³/mol. The van der Waals surface area contributed by atoms with Gasteiger partial charge in [-0.05, 0) is 30.0 Å². The van der Waals surface area contributed by atoms with Gasteiger partial charge in [0.15, 0.2) is 11.5 Å². The van der Waals surface area contributed by atoms with E-state index >= 15 is 0 Å². The lowest BCUT2D eigenvalue weighted by atomic mass is 9.94. The lowest BCUT2D eigenvalue weighted by Gasteiger charge is -2.36. The van der Waals surface area contributed by atoms with Crippen molar-refractivity contribution in [1.82, 2.24) is 10.2 Å². The number of nitrogens with zero attached hydrogens (tertiary/aromatic N) is 1. The van der Waals surface area contributed by atoms with Crippen LogP contribution in [-0.2, 0) is 0 Å². The molecule has 2 aliphatic rings. The first-order valence-corrected chi connectivity index (χ1v) is 7.58. The van der Waals surface area contributed by atoms with Crippen molar-refractivity contribution in [1.29, 1.82) is 0 Å². The molecule has 4 nitrogen and oxygen atoms in total. The van der Waals surface area contributed by atoms with Crippen LogP contribution in [0.1, 0.15) is 31.9 Å². The average molecular weight is 276 g/mol. The molecular formula is C16H24N2O2. The maximum atomic E-state index is 5.53. The first-order valence-electron chi connectivity index (χ1n) is 7.58. The van der Waals surface area contributed by atoms with Gasteiger partial charge in [-0.3, -0.25) is 4.90 Å². The third-order valence-electron chi connectivity index (χ3n) is 4.07. The molecule has 1 saturated heterocycles. The molecule has 1 aromatic carbocycles. The zero-order valence-corrected chi connectivity index (χ0v) is 12.4. The van der Waals surface area contributed by atoms with Gasteiger partial charge >= 0.3 is 0 Å². The van der Waals surface area contributed by atoms with Gasteiger partial charge in [0.1, 0.15) is 0 Å². The summed E-state index contributed by atoms with van der Waals surface area (Å²) in [6.45, 7) is 9.33. The smallest absolute Gasteiger partial charge is 0.231 e. The highest BCUT2D eigenvalue weighted by molar-refractivity contribution is 5.45. The van der Waals surface area contributed by atoms with Gasteiger partial charge in [0.25, 0.3) is 0 Å². The van der Waals surface area contributed by atoms with Crippen LogP contribution in [0.3, 0.4) is 0 Å². The van der Waals surface area contributed by atoms with Crippen molar-refractivity contribution in [3.8, 4) is 11.5 Å². The molecule has 0 bridgehead atoms. The molecule has 1 fully saturated rings. The summed E-state index contributed by atoms with van der Waals surface area (Å²) in [6.07, 6.45) is 1.18. The van der Waals surface area contributed by atoms with Crippen LogP contribution < -0.4 is 14.8 Å². The highest BCUT2D eigenvalue weighted by atomic mass is 16.7. The Bertz CT molecular complexity index is 456. The van der Waals surface area contributed by atoms with Gasteiger partial charge in [0, 0.05) is 32.2 Å². The number of hydrogen-bond acceptors (Lipinski definition) is 4. The zero-order chi connectivity index (χ0) is 13.9. The molecule has 110 valence electrons. The first-order chi connectivity index (χ1) is 9.74. The Kier molecular flexibility index (Phi) is 4.13. The van der Waals surface area contributed by atoms with Gasteiger partial charge in [-0.15, -0.1) is 0 Å². The molecule has 2 aliphatic heterocycles. The molecule has 1 N–H and O–H groups in total. The highest BCUT2D eigenvalue weighted by Crippen LogP contribution is 2.37. The van der Waals surface area contributed by atoms with E-state index in [2.05, 4.69) is 36.2 Å². The number of piperazine rings is 1. The van der Waals surface area contributed by atoms with E-state index in [1.165, 1.54) is 12.0 Å². The SMILES string of the molecule is CC(C)C[C@@H](c1ccc2c(c1)OCO2)N1CCNCC1. The minimum Gasteiger partial charge on any atom is -0.454 e. The summed E-state index contributed by atoms with van der Waals surface area (Å²) < 4.78 is 10.9. The molecule has 0 aromatic heterocycles. The standard InChI is InChI=1S/C16H24N2O2/c1-12(2)9-14(18-7-5-17-6-8-18)13-3-4-15-16(10-13)20-11-19-15/h3-4,10,12,14,17H,5-9,11H2,1-2H3/t14-/m0/s1. The van der Waals surface area contributed by atoms with Crippen LogP contribution in [0.15, 0.2) is 18.2 Å². The van der Waals surface area contributed by atoms with Crippen molar-refractivity contribution in [3.63, 3.8) is 0 Å². The Labute approximate surface area is 121 Å². The number of benzene rings is 1. The van der Waals surface area contributed by atoms with Crippen LogP contribution in [-0.4, -0.2) is 37.9 Å². The van der Waals surface area contributed by atoms with Gasteiger partial charge < -0.3 is 14.8 Å². The molecule has 0 saturated carbocycles. The molecule has 0 aliphatic carbocycles. The minimum absolute atomic E-state index is 0.348. The molecule has 20 heavy (non-hydrogen) atoms. The van der Waals surface area contributed by atoms with E-state index in [9.17, 15) is 0 Å². The summed E-state index contributed by atoms with van der Waals surface area (Å²) in [5, 5.41) is 3.43. The van der Waals surface area contributed by atoms with E-state index in [0.29, 0.717) is 18.8 Å². The van der Waals surface area contributed by atoms with E-state index in [0.717, 1.165) is 37.7 Å². The molecule has 1 atom stereocenters.